The first-order valence-corrected chi connectivity index (χ1v) is 14.6. The van der Waals surface area contributed by atoms with E-state index in [0.717, 1.165) is 48.5 Å². The smallest absolute Gasteiger partial charge is 0.159 e. The number of rotatable bonds is 9. The maximum absolute atomic E-state index is 13.5. The van der Waals surface area contributed by atoms with E-state index in [1.54, 1.807) is 6.08 Å². The van der Waals surface area contributed by atoms with E-state index in [-0.39, 0.29) is 11.2 Å². The summed E-state index contributed by atoms with van der Waals surface area (Å²) in [6.45, 7) is 11.9. The first-order valence-electron chi connectivity index (χ1n) is 14.6. The van der Waals surface area contributed by atoms with Crippen LogP contribution in [0.5, 0.6) is 0 Å². The van der Waals surface area contributed by atoms with Crippen LogP contribution in [-0.4, -0.2) is 11.6 Å². The molecule has 4 rings (SSSR count). The Morgan fingerprint density at radius 3 is 2.39 bits per heavy atom. The Morgan fingerprint density at radius 2 is 1.73 bits per heavy atom. The van der Waals surface area contributed by atoms with Crippen LogP contribution >= 0.6 is 0 Å². The Bertz CT molecular complexity index is 765. The summed E-state index contributed by atoms with van der Waals surface area (Å²) in [6, 6.07) is 0. The van der Waals surface area contributed by atoms with Gasteiger partial charge in [0.05, 0.1) is 0 Å². The Labute approximate surface area is 203 Å². The highest BCUT2D eigenvalue weighted by molar-refractivity contribution is 6.05. The van der Waals surface area contributed by atoms with E-state index < -0.39 is 0 Å². The van der Waals surface area contributed by atoms with Gasteiger partial charge in [-0.2, -0.15) is 0 Å². The van der Waals surface area contributed by atoms with Crippen LogP contribution in [-0.2, 0) is 9.59 Å². The zero-order valence-corrected chi connectivity index (χ0v) is 22.3. The number of Topliss-reactive ketones (excluding diaryl/α,β-unsaturated/α-hetero) is 1. The fraction of sp³-hybridized carbons (Fsp3) is 0.871. The third-order valence-electron chi connectivity index (χ3n) is 11.5. The summed E-state index contributed by atoms with van der Waals surface area (Å²) in [4.78, 5) is 25.7. The van der Waals surface area contributed by atoms with E-state index in [1.807, 2.05) is 0 Å². The molecule has 0 saturated heterocycles. The number of hydrogen-bond donors (Lipinski definition) is 0. The molecule has 0 radical (unpaired) electrons. The molecule has 0 aromatic carbocycles. The number of allylic oxidation sites excluding steroid dienone is 1. The van der Waals surface area contributed by atoms with Crippen LogP contribution in [0.2, 0.25) is 0 Å². The second kappa shape index (κ2) is 9.98. The first-order chi connectivity index (χ1) is 15.9. The van der Waals surface area contributed by atoms with E-state index >= 15 is 0 Å². The summed E-state index contributed by atoms with van der Waals surface area (Å²) in [5.74, 6) is 4.96. The summed E-state index contributed by atoms with van der Waals surface area (Å²) in [5.41, 5.74) is 1.37. The first kappa shape index (κ1) is 25.2. The molecule has 8 unspecified atom stereocenters. The molecule has 0 N–H and O–H groups in total. The normalized spacial score (nSPS) is 40.0. The Kier molecular flexibility index (Phi) is 7.62. The molecule has 4 aliphatic rings. The zero-order valence-electron chi connectivity index (χ0n) is 22.3. The molecule has 0 spiro atoms. The SMILES string of the molecule is CCCC(C)CCC(CC)C1CCC2C3CC(=O)C4=CC(=O)CCC4(CC)C3CCC12CC. The van der Waals surface area contributed by atoms with E-state index in [4.69, 9.17) is 0 Å². The van der Waals surface area contributed by atoms with Gasteiger partial charge in [0.15, 0.2) is 11.6 Å². The highest BCUT2D eigenvalue weighted by atomic mass is 16.1. The third-order valence-corrected chi connectivity index (χ3v) is 11.5. The molecule has 0 aromatic rings. The minimum Gasteiger partial charge on any atom is -0.295 e. The van der Waals surface area contributed by atoms with Crippen molar-refractivity contribution in [1.82, 2.24) is 0 Å². The lowest BCUT2D eigenvalue weighted by atomic mass is 9.44. The standard InChI is InChI=1S/C31H50O2/c1-6-10-21(5)11-12-22(7-2)25-13-14-26-24-20-29(33)28-19-23(32)15-17-31(28,9-4)27(24)16-18-30(25,26)8-3/h19,21-22,24-27H,6-18,20H2,1-5H3. The van der Waals surface area contributed by atoms with Crippen molar-refractivity contribution in [3.05, 3.63) is 11.6 Å². The molecule has 33 heavy (non-hydrogen) atoms. The number of ketones is 2. The summed E-state index contributed by atoms with van der Waals surface area (Å²) >= 11 is 0. The monoisotopic (exact) mass is 454 g/mol. The van der Waals surface area contributed by atoms with Crippen molar-refractivity contribution in [2.75, 3.05) is 0 Å². The molecule has 2 nitrogen and oxygen atoms in total. The Hall–Kier alpha value is -0.920. The van der Waals surface area contributed by atoms with Crippen LogP contribution in [0, 0.1) is 46.3 Å². The van der Waals surface area contributed by atoms with Crippen molar-refractivity contribution >= 4 is 11.6 Å². The predicted molar refractivity (Wildman–Crippen MR) is 137 cm³/mol. The fourth-order valence-electron chi connectivity index (χ4n) is 9.90. The molecule has 0 aliphatic heterocycles. The summed E-state index contributed by atoms with van der Waals surface area (Å²) in [5, 5.41) is 0. The molecule has 4 aliphatic carbocycles. The summed E-state index contributed by atoms with van der Waals surface area (Å²) in [7, 11) is 0. The molecule has 8 atom stereocenters. The molecular formula is C31H50O2. The van der Waals surface area contributed by atoms with Gasteiger partial charge in [0.2, 0.25) is 0 Å². The lowest BCUT2D eigenvalue weighted by molar-refractivity contribution is -0.134. The second-order valence-corrected chi connectivity index (χ2v) is 12.5. The lowest BCUT2D eigenvalue weighted by Gasteiger charge is -2.59. The summed E-state index contributed by atoms with van der Waals surface area (Å²) in [6.07, 6.45) is 18.5. The van der Waals surface area contributed by atoms with Crippen LogP contribution in [0.4, 0.5) is 0 Å². The van der Waals surface area contributed by atoms with E-state index in [1.165, 1.54) is 64.2 Å². The molecule has 0 aromatic heterocycles. The topological polar surface area (TPSA) is 34.1 Å². The average molecular weight is 455 g/mol. The van der Waals surface area contributed by atoms with Gasteiger partial charge in [0, 0.05) is 23.8 Å². The molecule has 0 heterocycles. The molecule has 3 saturated carbocycles. The van der Waals surface area contributed by atoms with E-state index in [9.17, 15) is 9.59 Å². The van der Waals surface area contributed by atoms with Gasteiger partial charge in [0.25, 0.3) is 0 Å². The van der Waals surface area contributed by atoms with Gasteiger partial charge < -0.3 is 0 Å². The van der Waals surface area contributed by atoms with Crippen LogP contribution < -0.4 is 0 Å². The van der Waals surface area contributed by atoms with E-state index in [2.05, 4.69) is 34.6 Å². The average Bonchev–Trinajstić information content (AvgIpc) is 3.20. The lowest BCUT2D eigenvalue weighted by Crippen LogP contribution is -2.54. The van der Waals surface area contributed by atoms with Crippen molar-refractivity contribution in [1.29, 1.82) is 0 Å². The predicted octanol–water partition coefficient (Wildman–Crippen LogP) is 8.34. The van der Waals surface area contributed by atoms with Crippen molar-refractivity contribution in [2.24, 2.45) is 46.3 Å². The van der Waals surface area contributed by atoms with Gasteiger partial charge >= 0.3 is 0 Å². The highest BCUT2D eigenvalue weighted by Crippen LogP contribution is 2.69. The van der Waals surface area contributed by atoms with Crippen molar-refractivity contribution in [3.63, 3.8) is 0 Å². The molecular weight excluding hydrogens is 404 g/mol. The minimum absolute atomic E-state index is 0.00829. The largest absolute Gasteiger partial charge is 0.295 e. The number of carbonyl (C=O) groups is 2. The molecule has 0 bridgehead atoms. The maximum atomic E-state index is 13.5. The van der Waals surface area contributed by atoms with Gasteiger partial charge in [-0.3, -0.25) is 9.59 Å². The van der Waals surface area contributed by atoms with Gasteiger partial charge in [-0.15, -0.1) is 0 Å². The second-order valence-electron chi connectivity index (χ2n) is 12.5. The number of hydrogen-bond acceptors (Lipinski definition) is 2. The molecule has 2 heteroatoms. The fourth-order valence-corrected chi connectivity index (χ4v) is 9.90. The van der Waals surface area contributed by atoms with Gasteiger partial charge in [0.1, 0.15) is 0 Å². The quantitative estimate of drug-likeness (QED) is 0.351. The van der Waals surface area contributed by atoms with Crippen molar-refractivity contribution < 1.29 is 9.59 Å². The van der Waals surface area contributed by atoms with Crippen molar-refractivity contribution in [3.8, 4) is 0 Å². The van der Waals surface area contributed by atoms with Gasteiger partial charge in [-0.05, 0) is 98.4 Å². The highest BCUT2D eigenvalue weighted by Gasteiger charge is 2.62. The third kappa shape index (κ3) is 4.10. The molecule has 0 amide bonds. The maximum Gasteiger partial charge on any atom is 0.159 e. The van der Waals surface area contributed by atoms with Crippen LogP contribution in [0.25, 0.3) is 0 Å². The van der Waals surface area contributed by atoms with E-state index in [0.29, 0.717) is 29.5 Å². The van der Waals surface area contributed by atoms with Crippen LogP contribution in [0.1, 0.15) is 125 Å². The van der Waals surface area contributed by atoms with Gasteiger partial charge in [-0.25, -0.2) is 0 Å². The number of fused-ring (bicyclic) bond motifs is 5. The van der Waals surface area contributed by atoms with Crippen molar-refractivity contribution in [2.45, 2.75) is 125 Å². The molecule has 186 valence electrons. The van der Waals surface area contributed by atoms with Crippen LogP contribution in [0.3, 0.4) is 0 Å². The Morgan fingerprint density at radius 1 is 0.939 bits per heavy atom. The number of carbonyl (C=O) groups excluding carboxylic acids is 2. The zero-order chi connectivity index (χ0) is 23.8. The minimum atomic E-state index is -0.00829. The Balaban J connectivity index is 1.60. The van der Waals surface area contributed by atoms with Crippen LogP contribution in [0.15, 0.2) is 11.6 Å². The van der Waals surface area contributed by atoms with Gasteiger partial charge in [-0.1, -0.05) is 60.3 Å². The molecule has 3 fully saturated rings. The summed E-state index contributed by atoms with van der Waals surface area (Å²) < 4.78 is 0.